The van der Waals surface area contributed by atoms with Crippen molar-refractivity contribution < 1.29 is 9.90 Å². The van der Waals surface area contributed by atoms with Crippen LogP contribution in [-0.4, -0.2) is 59.6 Å². The van der Waals surface area contributed by atoms with Crippen molar-refractivity contribution in [3.8, 4) is 0 Å². The normalized spacial score (nSPS) is 32.5. The van der Waals surface area contributed by atoms with Crippen LogP contribution in [0.3, 0.4) is 0 Å². The minimum atomic E-state index is -0.590. The lowest BCUT2D eigenvalue weighted by Gasteiger charge is -2.45. The van der Waals surface area contributed by atoms with E-state index in [9.17, 15) is 9.90 Å². The standard InChI is InChI=1S/C17H32N2O2/c1-4-13-6-7-15(17(20)21)16(12-13)18(3)14-8-10-19(5-2)11-9-14/h13-16H,4-12H2,1-3H3,(H,20,21). The van der Waals surface area contributed by atoms with Crippen molar-refractivity contribution in [1.29, 1.82) is 0 Å². The van der Waals surface area contributed by atoms with E-state index in [1.807, 2.05) is 0 Å². The fourth-order valence-electron chi connectivity index (χ4n) is 4.25. The van der Waals surface area contributed by atoms with Gasteiger partial charge in [0.1, 0.15) is 0 Å². The molecule has 122 valence electrons. The summed E-state index contributed by atoms with van der Waals surface area (Å²) in [5.74, 6) is -0.0433. The van der Waals surface area contributed by atoms with Gasteiger partial charge in [-0.3, -0.25) is 9.69 Å². The molecule has 0 amide bonds. The largest absolute Gasteiger partial charge is 0.481 e. The Labute approximate surface area is 129 Å². The first-order chi connectivity index (χ1) is 10.1. The molecule has 0 spiro atoms. The number of hydrogen-bond acceptors (Lipinski definition) is 3. The highest BCUT2D eigenvalue weighted by molar-refractivity contribution is 5.71. The van der Waals surface area contributed by atoms with E-state index >= 15 is 0 Å². The lowest BCUT2D eigenvalue weighted by molar-refractivity contribution is -0.146. The van der Waals surface area contributed by atoms with Crippen molar-refractivity contribution in [3.05, 3.63) is 0 Å². The predicted octanol–water partition coefficient (Wildman–Crippen LogP) is 2.68. The maximum atomic E-state index is 11.6. The monoisotopic (exact) mass is 296 g/mol. The van der Waals surface area contributed by atoms with Gasteiger partial charge in [0, 0.05) is 12.1 Å². The molecule has 1 aliphatic heterocycles. The van der Waals surface area contributed by atoms with Gasteiger partial charge in [0.15, 0.2) is 0 Å². The average molecular weight is 296 g/mol. The first-order valence-corrected chi connectivity index (χ1v) is 8.73. The van der Waals surface area contributed by atoms with Crippen molar-refractivity contribution in [1.82, 2.24) is 9.80 Å². The van der Waals surface area contributed by atoms with Gasteiger partial charge in [-0.15, -0.1) is 0 Å². The Morgan fingerprint density at radius 1 is 1.19 bits per heavy atom. The van der Waals surface area contributed by atoms with Crippen LogP contribution >= 0.6 is 0 Å². The van der Waals surface area contributed by atoms with E-state index in [1.54, 1.807) is 0 Å². The SMILES string of the molecule is CCC1CCC(C(=O)O)C(N(C)C2CCN(CC)CC2)C1. The van der Waals surface area contributed by atoms with Crippen LogP contribution in [0.5, 0.6) is 0 Å². The van der Waals surface area contributed by atoms with Crippen LogP contribution in [0.25, 0.3) is 0 Å². The summed E-state index contributed by atoms with van der Waals surface area (Å²) in [6.07, 6.45) is 6.57. The zero-order valence-electron chi connectivity index (χ0n) is 13.9. The van der Waals surface area contributed by atoms with E-state index in [0.717, 1.165) is 38.9 Å². The van der Waals surface area contributed by atoms with E-state index in [0.29, 0.717) is 12.0 Å². The molecular formula is C17H32N2O2. The topological polar surface area (TPSA) is 43.8 Å². The Bertz CT molecular complexity index is 340. The molecule has 0 aromatic carbocycles. The summed E-state index contributed by atoms with van der Waals surface area (Å²) >= 11 is 0. The van der Waals surface area contributed by atoms with Gasteiger partial charge in [0.25, 0.3) is 0 Å². The first kappa shape index (κ1) is 16.8. The molecule has 0 aromatic heterocycles. The van der Waals surface area contributed by atoms with Crippen LogP contribution in [0.1, 0.15) is 52.4 Å². The molecule has 1 saturated heterocycles. The molecule has 1 aliphatic carbocycles. The molecule has 0 aromatic rings. The summed E-state index contributed by atoms with van der Waals surface area (Å²) in [5.41, 5.74) is 0. The molecule has 1 saturated carbocycles. The first-order valence-electron chi connectivity index (χ1n) is 8.73. The summed E-state index contributed by atoms with van der Waals surface area (Å²) in [6, 6.07) is 0.801. The van der Waals surface area contributed by atoms with Gasteiger partial charge in [0.05, 0.1) is 5.92 Å². The minimum Gasteiger partial charge on any atom is -0.481 e. The van der Waals surface area contributed by atoms with E-state index in [1.165, 1.54) is 19.3 Å². The smallest absolute Gasteiger partial charge is 0.308 e. The molecule has 1 heterocycles. The minimum absolute atomic E-state index is 0.165. The number of carbonyl (C=O) groups is 1. The Hall–Kier alpha value is -0.610. The molecule has 2 aliphatic rings. The van der Waals surface area contributed by atoms with Gasteiger partial charge in [-0.2, -0.15) is 0 Å². The Morgan fingerprint density at radius 2 is 1.86 bits per heavy atom. The van der Waals surface area contributed by atoms with Crippen molar-refractivity contribution in [2.24, 2.45) is 11.8 Å². The lowest BCUT2D eigenvalue weighted by Crippen LogP contribution is -2.52. The molecule has 4 heteroatoms. The number of aliphatic carboxylic acids is 1. The van der Waals surface area contributed by atoms with Crippen LogP contribution in [0.4, 0.5) is 0 Å². The molecule has 3 unspecified atom stereocenters. The highest BCUT2D eigenvalue weighted by Crippen LogP contribution is 2.35. The summed E-state index contributed by atoms with van der Waals surface area (Å²) < 4.78 is 0. The lowest BCUT2D eigenvalue weighted by atomic mass is 9.76. The van der Waals surface area contributed by atoms with Gasteiger partial charge in [0.2, 0.25) is 0 Å². The Balaban J connectivity index is 2.00. The number of hydrogen-bond donors (Lipinski definition) is 1. The molecule has 21 heavy (non-hydrogen) atoms. The van der Waals surface area contributed by atoms with Crippen LogP contribution in [0, 0.1) is 11.8 Å². The highest BCUT2D eigenvalue weighted by atomic mass is 16.4. The third kappa shape index (κ3) is 3.98. The maximum Gasteiger partial charge on any atom is 0.308 e. The second kappa shape index (κ2) is 7.59. The van der Waals surface area contributed by atoms with Crippen LogP contribution < -0.4 is 0 Å². The quantitative estimate of drug-likeness (QED) is 0.847. The summed E-state index contributed by atoms with van der Waals surface area (Å²) in [7, 11) is 2.17. The zero-order valence-corrected chi connectivity index (χ0v) is 13.9. The number of likely N-dealkylation sites (tertiary alicyclic amines) is 1. The van der Waals surface area contributed by atoms with Crippen molar-refractivity contribution in [2.75, 3.05) is 26.7 Å². The van der Waals surface area contributed by atoms with Crippen LogP contribution in [0.15, 0.2) is 0 Å². The number of nitrogens with zero attached hydrogens (tertiary/aromatic N) is 2. The zero-order chi connectivity index (χ0) is 15.4. The molecule has 1 N–H and O–H groups in total. The van der Waals surface area contributed by atoms with Gasteiger partial charge in [-0.05, 0) is 64.7 Å². The Morgan fingerprint density at radius 3 is 2.38 bits per heavy atom. The average Bonchev–Trinajstić information content (AvgIpc) is 2.53. The molecule has 2 rings (SSSR count). The number of piperidine rings is 1. The summed E-state index contributed by atoms with van der Waals surface area (Å²) in [6.45, 7) is 7.91. The molecule has 3 atom stereocenters. The van der Waals surface area contributed by atoms with Crippen molar-refractivity contribution in [2.45, 2.75) is 64.5 Å². The fraction of sp³-hybridized carbons (Fsp3) is 0.941. The van der Waals surface area contributed by atoms with Crippen LogP contribution in [-0.2, 0) is 4.79 Å². The van der Waals surface area contributed by atoms with E-state index in [2.05, 4.69) is 30.7 Å². The van der Waals surface area contributed by atoms with Gasteiger partial charge >= 0.3 is 5.97 Å². The van der Waals surface area contributed by atoms with Crippen molar-refractivity contribution in [3.63, 3.8) is 0 Å². The molecule has 0 radical (unpaired) electrons. The third-order valence-electron chi connectivity index (χ3n) is 5.92. The Kier molecular flexibility index (Phi) is 6.06. The summed E-state index contributed by atoms with van der Waals surface area (Å²) in [4.78, 5) is 16.5. The third-order valence-corrected chi connectivity index (χ3v) is 5.92. The maximum absolute atomic E-state index is 11.6. The van der Waals surface area contributed by atoms with E-state index in [4.69, 9.17) is 0 Å². The fourth-order valence-corrected chi connectivity index (χ4v) is 4.25. The highest BCUT2D eigenvalue weighted by Gasteiger charge is 2.39. The van der Waals surface area contributed by atoms with Gasteiger partial charge in [-0.1, -0.05) is 20.3 Å². The molecule has 4 nitrogen and oxygen atoms in total. The van der Waals surface area contributed by atoms with Crippen LogP contribution in [0.2, 0.25) is 0 Å². The number of carboxylic acid groups (broad SMARTS) is 1. The summed E-state index contributed by atoms with van der Waals surface area (Å²) in [5, 5.41) is 9.56. The van der Waals surface area contributed by atoms with Gasteiger partial charge in [-0.25, -0.2) is 0 Å². The second-order valence-corrected chi connectivity index (χ2v) is 6.93. The van der Waals surface area contributed by atoms with Crippen molar-refractivity contribution >= 4 is 5.97 Å². The van der Waals surface area contributed by atoms with E-state index in [-0.39, 0.29) is 12.0 Å². The molecule has 2 fully saturated rings. The second-order valence-electron chi connectivity index (χ2n) is 6.93. The van der Waals surface area contributed by atoms with E-state index < -0.39 is 5.97 Å². The number of rotatable bonds is 5. The van der Waals surface area contributed by atoms with Gasteiger partial charge < -0.3 is 10.0 Å². The molecular weight excluding hydrogens is 264 g/mol. The predicted molar refractivity (Wildman–Crippen MR) is 85.4 cm³/mol. The number of carboxylic acids is 1. The molecule has 0 bridgehead atoms.